The standard InChI is InChI=1S/C15H14N2O2/c16-10-12-3-6-14(9-15(12)17)19-13-4-1-11(2-5-13)7-8-18/h1-6,9,18H,7-8,17H2. The fourth-order valence-electron chi connectivity index (χ4n) is 1.70. The molecule has 4 heteroatoms. The van der Waals surface area contributed by atoms with Crippen LogP contribution in [-0.4, -0.2) is 11.7 Å². The quantitative estimate of drug-likeness (QED) is 0.821. The highest BCUT2D eigenvalue weighted by molar-refractivity contribution is 5.57. The third-order valence-electron chi connectivity index (χ3n) is 2.70. The Balaban J connectivity index is 2.13. The summed E-state index contributed by atoms with van der Waals surface area (Å²) in [6, 6.07) is 14.4. The maximum absolute atomic E-state index is 8.83. The fourth-order valence-corrected chi connectivity index (χ4v) is 1.70. The van der Waals surface area contributed by atoms with E-state index in [1.54, 1.807) is 18.2 Å². The number of nitrogen functional groups attached to an aromatic ring is 1. The Hall–Kier alpha value is -2.51. The van der Waals surface area contributed by atoms with Crippen LogP contribution >= 0.6 is 0 Å². The number of aliphatic hydroxyl groups is 1. The average molecular weight is 254 g/mol. The molecule has 0 bridgehead atoms. The number of nitrogens with zero attached hydrogens (tertiary/aromatic N) is 1. The zero-order valence-electron chi connectivity index (χ0n) is 10.3. The monoisotopic (exact) mass is 254 g/mol. The van der Waals surface area contributed by atoms with Gasteiger partial charge >= 0.3 is 0 Å². The van der Waals surface area contributed by atoms with Gasteiger partial charge in [0, 0.05) is 12.7 Å². The van der Waals surface area contributed by atoms with E-state index in [0.29, 0.717) is 29.2 Å². The largest absolute Gasteiger partial charge is 0.457 e. The zero-order chi connectivity index (χ0) is 13.7. The van der Waals surface area contributed by atoms with Crippen molar-refractivity contribution >= 4 is 5.69 Å². The van der Waals surface area contributed by atoms with Crippen LogP contribution in [0.1, 0.15) is 11.1 Å². The molecule has 0 aliphatic rings. The first-order valence-electron chi connectivity index (χ1n) is 5.90. The van der Waals surface area contributed by atoms with Crippen molar-refractivity contribution in [3.05, 3.63) is 53.6 Å². The predicted molar refractivity (Wildman–Crippen MR) is 72.9 cm³/mol. The number of aliphatic hydroxyl groups excluding tert-OH is 1. The zero-order valence-corrected chi connectivity index (χ0v) is 10.3. The Labute approximate surface area is 111 Å². The van der Waals surface area contributed by atoms with Gasteiger partial charge in [-0.3, -0.25) is 0 Å². The summed E-state index contributed by atoms with van der Waals surface area (Å²) in [6.45, 7) is 0.131. The van der Waals surface area contributed by atoms with Crippen LogP contribution in [-0.2, 0) is 6.42 Å². The number of hydrogen-bond donors (Lipinski definition) is 2. The SMILES string of the molecule is N#Cc1ccc(Oc2ccc(CCO)cc2)cc1N. The average Bonchev–Trinajstić information content (AvgIpc) is 2.42. The summed E-state index contributed by atoms with van der Waals surface area (Å²) in [6.07, 6.45) is 0.629. The first kappa shape index (κ1) is 12.9. The number of nitrogens with two attached hydrogens (primary N) is 1. The van der Waals surface area contributed by atoms with Crippen molar-refractivity contribution in [3.63, 3.8) is 0 Å². The number of benzene rings is 2. The summed E-state index contributed by atoms with van der Waals surface area (Å²) >= 11 is 0. The lowest BCUT2D eigenvalue weighted by atomic mass is 10.1. The van der Waals surface area contributed by atoms with Crippen LogP contribution in [0.15, 0.2) is 42.5 Å². The summed E-state index contributed by atoms with van der Waals surface area (Å²) in [5, 5.41) is 17.6. The van der Waals surface area contributed by atoms with Crippen molar-refractivity contribution in [2.24, 2.45) is 0 Å². The number of rotatable bonds is 4. The molecule has 0 atom stereocenters. The molecule has 2 aromatic rings. The van der Waals surface area contributed by atoms with Crippen LogP contribution in [0.25, 0.3) is 0 Å². The van der Waals surface area contributed by atoms with Gasteiger partial charge in [-0.15, -0.1) is 0 Å². The van der Waals surface area contributed by atoms with Crippen LogP contribution in [0.5, 0.6) is 11.5 Å². The molecule has 19 heavy (non-hydrogen) atoms. The van der Waals surface area contributed by atoms with E-state index in [0.717, 1.165) is 5.56 Å². The molecule has 3 N–H and O–H groups in total. The molecule has 0 aliphatic carbocycles. The molecule has 2 aromatic carbocycles. The first-order valence-corrected chi connectivity index (χ1v) is 5.90. The van der Waals surface area contributed by atoms with Gasteiger partial charge in [-0.2, -0.15) is 5.26 Å². The van der Waals surface area contributed by atoms with Crippen molar-refractivity contribution in [2.45, 2.75) is 6.42 Å². The molecule has 0 fully saturated rings. The second-order valence-electron chi connectivity index (χ2n) is 4.08. The van der Waals surface area contributed by atoms with E-state index < -0.39 is 0 Å². The van der Waals surface area contributed by atoms with E-state index in [9.17, 15) is 0 Å². The molecule has 0 amide bonds. The Morgan fingerprint density at radius 3 is 2.37 bits per heavy atom. The third-order valence-corrected chi connectivity index (χ3v) is 2.70. The number of ether oxygens (including phenoxy) is 1. The summed E-state index contributed by atoms with van der Waals surface area (Å²) in [5.41, 5.74) is 7.60. The first-order chi connectivity index (χ1) is 9.22. The van der Waals surface area contributed by atoms with Crippen LogP contribution in [0.3, 0.4) is 0 Å². The predicted octanol–water partition coefficient (Wildman–Crippen LogP) is 2.47. The van der Waals surface area contributed by atoms with Crippen LogP contribution < -0.4 is 10.5 Å². The van der Waals surface area contributed by atoms with E-state index in [2.05, 4.69) is 0 Å². The van der Waals surface area contributed by atoms with Gasteiger partial charge in [-0.1, -0.05) is 12.1 Å². The highest BCUT2D eigenvalue weighted by atomic mass is 16.5. The van der Waals surface area contributed by atoms with Crippen molar-refractivity contribution < 1.29 is 9.84 Å². The van der Waals surface area contributed by atoms with Crippen LogP contribution in [0, 0.1) is 11.3 Å². The lowest BCUT2D eigenvalue weighted by Crippen LogP contribution is -1.93. The molecule has 0 spiro atoms. The highest BCUT2D eigenvalue weighted by Crippen LogP contribution is 2.25. The van der Waals surface area contributed by atoms with Gasteiger partial charge in [0.15, 0.2) is 0 Å². The van der Waals surface area contributed by atoms with E-state index >= 15 is 0 Å². The number of nitriles is 1. The summed E-state index contributed by atoms with van der Waals surface area (Å²) in [5.74, 6) is 1.28. The Kier molecular flexibility index (Phi) is 4.01. The van der Waals surface area contributed by atoms with E-state index in [1.807, 2.05) is 30.3 Å². The molecule has 0 aromatic heterocycles. The van der Waals surface area contributed by atoms with E-state index in [1.165, 1.54) is 0 Å². The van der Waals surface area contributed by atoms with Crippen molar-refractivity contribution in [3.8, 4) is 17.6 Å². The second-order valence-corrected chi connectivity index (χ2v) is 4.08. The maximum Gasteiger partial charge on any atom is 0.129 e. The van der Waals surface area contributed by atoms with Gasteiger partial charge in [0.25, 0.3) is 0 Å². The minimum atomic E-state index is 0.131. The molecule has 2 rings (SSSR count). The molecule has 0 saturated carbocycles. The van der Waals surface area contributed by atoms with Crippen molar-refractivity contribution in [1.82, 2.24) is 0 Å². The molecule has 4 nitrogen and oxygen atoms in total. The maximum atomic E-state index is 8.83. The molecular weight excluding hydrogens is 240 g/mol. The Morgan fingerprint density at radius 2 is 1.79 bits per heavy atom. The molecule has 96 valence electrons. The van der Waals surface area contributed by atoms with Crippen molar-refractivity contribution in [2.75, 3.05) is 12.3 Å². The topological polar surface area (TPSA) is 79.3 Å². The van der Waals surface area contributed by atoms with Gasteiger partial charge in [0.2, 0.25) is 0 Å². The molecule has 0 radical (unpaired) electrons. The highest BCUT2D eigenvalue weighted by Gasteiger charge is 2.02. The van der Waals surface area contributed by atoms with Crippen LogP contribution in [0.4, 0.5) is 5.69 Å². The third kappa shape index (κ3) is 3.24. The van der Waals surface area contributed by atoms with Crippen molar-refractivity contribution in [1.29, 1.82) is 5.26 Å². The van der Waals surface area contributed by atoms with Crippen LogP contribution in [0.2, 0.25) is 0 Å². The van der Waals surface area contributed by atoms with Gasteiger partial charge in [0.1, 0.15) is 17.6 Å². The Morgan fingerprint density at radius 1 is 1.11 bits per heavy atom. The second kappa shape index (κ2) is 5.89. The fraction of sp³-hybridized carbons (Fsp3) is 0.133. The lowest BCUT2D eigenvalue weighted by Gasteiger charge is -2.07. The summed E-state index contributed by atoms with van der Waals surface area (Å²) < 4.78 is 5.64. The number of anilines is 1. The van der Waals surface area contributed by atoms with Gasteiger partial charge in [-0.05, 0) is 36.2 Å². The Bertz CT molecular complexity index is 601. The number of hydrogen-bond acceptors (Lipinski definition) is 4. The minimum absolute atomic E-state index is 0.131. The minimum Gasteiger partial charge on any atom is -0.457 e. The molecule has 0 heterocycles. The summed E-state index contributed by atoms with van der Waals surface area (Å²) in [4.78, 5) is 0. The van der Waals surface area contributed by atoms with Gasteiger partial charge < -0.3 is 15.6 Å². The molecule has 0 aliphatic heterocycles. The van der Waals surface area contributed by atoms with E-state index in [-0.39, 0.29) is 6.61 Å². The smallest absolute Gasteiger partial charge is 0.129 e. The molecule has 0 saturated heterocycles. The lowest BCUT2D eigenvalue weighted by molar-refractivity contribution is 0.299. The van der Waals surface area contributed by atoms with Gasteiger partial charge in [-0.25, -0.2) is 0 Å². The van der Waals surface area contributed by atoms with E-state index in [4.69, 9.17) is 20.8 Å². The normalized spacial score (nSPS) is 9.89. The van der Waals surface area contributed by atoms with Gasteiger partial charge in [0.05, 0.1) is 11.3 Å². The summed E-state index contributed by atoms with van der Waals surface area (Å²) in [7, 11) is 0. The molecule has 0 unspecified atom stereocenters. The molecular formula is C15H14N2O2.